The Hall–Kier alpha value is -7.29. The van der Waals surface area contributed by atoms with Gasteiger partial charge in [0.25, 0.3) is 0 Å². The first-order valence-electron chi connectivity index (χ1n) is 23.4. The zero-order valence-electron chi connectivity index (χ0n) is 39.6. The molecule has 0 unspecified atom stereocenters. The summed E-state index contributed by atoms with van der Waals surface area (Å²) in [5.41, 5.74) is 19.7. The van der Waals surface area contributed by atoms with Crippen molar-refractivity contribution < 1.29 is 38.7 Å². The van der Waals surface area contributed by atoms with Crippen LogP contribution in [0.5, 0.6) is 0 Å². The Labute approximate surface area is 401 Å². The first-order valence-corrected chi connectivity index (χ1v) is 23.4. The van der Waals surface area contributed by atoms with E-state index in [0.717, 1.165) is 10.9 Å². The minimum atomic E-state index is -1.26. The highest BCUT2D eigenvalue weighted by molar-refractivity contribution is 5.98. The number of aliphatic imine (C=N–C) groups is 1. The lowest BCUT2D eigenvalue weighted by atomic mass is 9.96. The van der Waals surface area contributed by atoms with E-state index in [-0.39, 0.29) is 51.2 Å². The number of carbonyl (C=O) groups is 7. The standard InChI is InChI=1S/C48H67N13O8/c1-5-28(4)40(45(66)57-36(23-31-25-52-26-55-31)46(67)61-20-12-18-38(61)43(64)58-37(47(68)69)21-29-13-7-6-8-14-29)60-42(63)35(22-30-24-54-34-17-10-9-15-32(30)34)56-44(65)39(27(2)3)59-41(62)33(49)16-11-19-53-48(50)51/h6-10,13-15,17,24-28,33,35-40,54H,5,11-12,16,18-23,49H2,1-4H3,(H,52,55)(H,56,65)(H,57,66)(H,58,64)(H,59,62)(H,60,63)(H,68,69)(H4,50,51,53)/t28-,33-,35-,36-,37-,38-,39-,40-/m0/s1. The van der Waals surface area contributed by atoms with Crippen molar-refractivity contribution in [1.29, 1.82) is 0 Å². The minimum Gasteiger partial charge on any atom is -0.480 e. The topological polar surface area (TPSA) is 338 Å². The molecule has 6 amide bonds. The highest BCUT2D eigenvalue weighted by Crippen LogP contribution is 2.22. The van der Waals surface area contributed by atoms with Gasteiger partial charge in [-0.2, -0.15) is 0 Å². The van der Waals surface area contributed by atoms with Crippen molar-refractivity contribution in [3.8, 4) is 0 Å². The average molecular weight is 954 g/mol. The summed E-state index contributed by atoms with van der Waals surface area (Å²) in [6, 6.07) is 8.25. The molecule has 2 aromatic carbocycles. The quantitative estimate of drug-likeness (QED) is 0.0246. The van der Waals surface area contributed by atoms with Gasteiger partial charge in [-0.25, -0.2) is 9.78 Å². The number of amides is 6. The largest absolute Gasteiger partial charge is 0.480 e. The molecule has 0 spiro atoms. The Balaban J connectivity index is 1.36. The van der Waals surface area contributed by atoms with E-state index in [1.807, 2.05) is 31.2 Å². The first-order chi connectivity index (χ1) is 33.0. The molecule has 14 N–H and O–H groups in total. The van der Waals surface area contributed by atoms with Gasteiger partial charge < -0.3 is 63.8 Å². The number of imidazole rings is 1. The molecule has 8 atom stereocenters. The average Bonchev–Trinajstić information content (AvgIpc) is 4.12. The van der Waals surface area contributed by atoms with Crippen molar-refractivity contribution in [2.45, 2.75) is 121 Å². The van der Waals surface area contributed by atoms with Crippen LogP contribution in [0.15, 0.2) is 78.3 Å². The van der Waals surface area contributed by atoms with E-state index < -0.39 is 95.5 Å². The molecule has 2 aromatic heterocycles. The molecule has 21 heteroatoms. The van der Waals surface area contributed by atoms with E-state index in [1.54, 1.807) is 57.3 Å². The van der Waals surface area contributed by atoms with Crippen LogP contribution in [-0.2, 0) is 52.8 Å². The monoisotopic (exact) mass is 954 g/mol. The SMILES string of the molecule is CC[C@H](C)[C@H](NC(=O)[C@H](Cc1c[nH]c2ccccc12)NC(=O)[C@@H](NC(=O)[C@@H](N)CCCN=C(N)N)C(C)C)C(=O)N[C@@H](Cc1cnc[nH]1)C(=O)N1CCC[C@H]1C(=O)N[C@@H](Cc1ccccc1)C(=O)O. The Bertz CT molecular complexity index is 2400. The van der Waals surface area contributed by atoms with E-state index in [1.165, 1.54) is 17.4 Å². The maximum atomic E-state index is 14.6. The number of benzene rings is 2. The second-order valence-corrected chi connectivity index (χ2v) is 17.9. The number of para-hydroxylation sites is 1. The number of carbonyl (C=O) groups excluding carboxylic acids is 6. The predicted molar refractivity (Wildman–Crippen MR) is 259 cm³/mol. The number of likely N-dealkylation sites (tertiary alicyclic amines) is 1. The van der Waals surface area contributed by atoms with Gasteiger partial charge >= 0.3 is 5.97 Å². The van der Waals surface area contributed by atoms with Crippen molar-refractivity contribution in [3.63, 3.8) is 0 Å². The van der Waals surface area contributed by atoms with Crippen LogP contribution in [0.25, 0.3) is 10.9 Å². The number of fused-ring (bicyclic) bond motifs is 1. The molecule has 4 aromatic rings. The van der Waals surface area contributed by atoms with Gasteiger partial charge in [-0.05, 0) is 54.7 Å². The van der Waals surface area contributed by atoms with E-state index in [0.29, 0.717) is 36.1 Å². The van der Waals surface area contributed by atoms with Crippen LogP contribution in [0.3, 0.4) is 0 Å². The third-order valence-corrected chi connectivity index (χ3v) is 12.4. The summed E-state index contributed by atoms with van der Waals surface area (Å²) >= 11 is 0. The third kappa shape index (κ3) is 14.8. The fourth-order valence-corrected chi connectivity index (χ4v) is 8.29. The van der Waals surface area contributed by atoms with Gasteiger partial charge in [-0.15, -0.1) is 0 Å². The summed E-state index contributed by atoms with van der Waals surface area (Å²) in [6.07, 6.45) is 6.44. The molecular formula is C48H67N13O8. The van der Waals surface area contributed by atoms with Gasteiger partial charge in [0.15, 0.2) is 5.96 Å². The zero-order valence-corrected chi connectivity index (χ0v) is 39.6. The normalized spacial score (nSPS) is 16.6. The van der Waals surface area contributed by atoms with Crippen molar-refractivity contribution in [2.75, 3.05) is 13.1 Å². The third-order valence-electron chi connectivity index (χ3n) is 12.4. The van der Waals surface area contributed by atoms with Crippen molar-refractivity contribution in [1.82, 2.24) is 46.4 Å². The number of rotatable bonds is 25. The molecule has 0 saturated carbocycles. The fourth-order valence-electron chi connectivity index (χ4n) is 8.29. The number of aliphatic carboxylic acids is 1. The molecule has 1 aliphatic rings. The number of carboxylic acids is 1. The number of carboxylic acid groups (broad SMARTS) is 1. The molecular weight excluding hydrogens is 887 g/mol. The Morgan fingerprint density at radius 3 is 2.16 bits per heavy atom. The first kappa shape index (κ1) is 52.7. The summed E-state index contributed by atoms with van der Waals surface area (Å²) in [5, 5.41) is 24.7. The van der Waals surface area contributed by atoms with Gasteiger partial charge in [0, 0.05) is 61.3 Å². The van der Waals surface area contributed by atoms with Crippen LogP contribution < -0.4 is 43.8 Å². The van der Waals surface area contributed by atoms with E-state index >= 15 is 0 Å². The number of hydrogen-bond acceptors (Lipinski definition) is 10. The number of nitrogens with two attached hydrogens (primary N) is 3. The molecule has 0 radical (unpaired) electrons. The van der Waals surface area contributed by atoms with Crippen LogP contribution in [0.1, 0.15) is 76.6 Å². The maximum Gasteiger partial charge on any atom is 0.326 e. The van der Waals surface area contributed by atoms with Crippen LogP contribution in [0, 0.1) is 11.8 Å². The number of nitrogens with one attached hydrogen (secondary N) is 7. The highest BCUT2D eigenvalue weighted by atomic mass is 16.4. The summed E-state index contributed by atoms with van der Waals surface area (Å²) in [6.45, 7) is 7.53. The van der Waals surface area contributed by atoms with Gasteiger partial charge in [-0.3, -0.25) is 33.8 Å². The zero-order chi connectivity index (χ0) is 50.2. The number of hydrogen-bond donors (Lipinski definition) is 11. The summed E-state index contributed by atoms with van der Waals surface area (Å²) < 4.78 is 0. The molecule has 1 saturated heterocycles. The minimum absolute atomic E-state index is 0.00701. The molecule has 5 rings (SSSR count). The Morgan fingerprint density at radius 1 is 0.812 bits per heavy atom. The summed E-state index contributed by atoms with van der Waals surface area (Å²) in [4.78, 5) is 113. The number of aromatic amines is 2. The van der Waals surface area contributed by atoms with Crippen molar-refractivity contribution in [3.05, 3.63) is 90.1 Å². The maximum absolute atomic E-state index is 14.6. The molecule has 0 aliphatic carbocycles. The Morgan fingerprint density at radius 2 is 1.49 bits per heavy atom. The number of guanidine groups is 1. The lowest BCUT2D eigenvalue weighted by Gasteiger charge is -2.32. The van der Waals surface area contributed by atoms with Gasteiger partial charge in [0.2, 0.25) is 35.4 Å². The van der Waals surface area contributed by atoms with E-state index in [4.69, 9.17) is 17.2 Å². The van der Waals surface area contributed by atoms with Crippen LogP contribution >= 0.6 is 0 Å². The van der Waals surface area contributed by atoms with Crippen molar-refractivity contribution in [2.24, 2.45) is 34.0 Å². The molecule has 0 bridgehead atoms. The molecule has 1 aliphatic heterocycles. The Kier molecular flexibility index (Phi) is 19.2. The second kappa shape index (κ2) is 25.2. The van der Waals surface area contributed by atoms with Gasteiger partial charge in [0.1, 0.15) is 36.3 Å². The summed E-state index contributed by atoms with van der Waals surface area (Å²) in [7, 11) is 0. The smallest absolute Gasteiger partial charge is 0.326 e. The van der Waals surface area contributed by atoms with Gasteiger partial charge in [0.05, 0.1) is 12.4 Å². The predicted octanol–water partition coefficient (Wildman–Crippen LogP) is 0.501. The second-order valence-electron chi connectivity index (χ2n) is 17.9. The molecule has 69 heavy (non-hydrogen) atoms. The van der Waals surface area contributed by atoms with Crippen LogP contribution in [0.2, 0.25) is 0 Å². The van der Waals surface area contributed by atoms with Crippen molar-refractivity contribution >= 4 is 58.3 Å². The lowest BCUT2D eigenvalue weighted by Crippen LogP contribution is -2.61. The molecule has 21 nitrogen and oxygen atoms in total. The summed E-state index contributed by atoms with van der Waals surface area (Å²) in [5.74, 6) is -6.07. The fraction of sp³-hybridized carbons (Fsp3) is 0.479. The van der Waals surface area contributed by atoms with E-state index in [9.17, 15) is 38.7 Å². The number of nitrogens with zero attached hydrogens (tertiary/aromatic N) is 3. The number of aromatic nitrogens is 3. The molecule has 372 valence electrons. The highest BCUT2D eigenvalue weighted by Gasteiger charge is 2.41. The van der Waals surface area contributed by atoms with Crippen LogP contribution in [-0.4, -0.2) is 128 Å². The van der Waals surface area contributed by atoms with Gasteiger partial charge in [-0.1, -0.05) is 82.6 Å². The van der Waals surface area contributed by atoms with E-state index in [2.05, 4.69) is 46.5 Å². The number of H-pyrrole nitrogens is 2. The molecule has 3 heterocycles. The molecule has 1 fully saturated rings. The van der Waals surface area contributed by atoms with Crippen LogP contribution in [0.4, 0.5) is 0 Å². The lowest BCUT2D eigenvalue weighted by molar-refractivity contribution is -0.145.